The highest BCUT2D eigenvalue weighted by Crippen LogP contribution is 2.42. The van der Waals surface area contributed by atoms with Crippen LogP contribution in [0.2, 0.25) is 10.0 Å². The van der Waals surface area contributed by atoms with Crippen LogP contribution in [0.5, 0.6) is 5.75 Å². The zero-order valence-corrected chi connectivity index (χ0v) is 17.5. The van der Waals surface area contributed by atoms with Gasteiger partial charge in [-0.3, -0.25) is 4.90 Å². The van der Waals surface area contributed by atoms with Crippen molar-refractivity contribution in [2.24, 2.45) is 5.14 Å². The van der Waals surface area contributed by atoms with Crippen molar-refractivity contribution in [3.63, 3.8) is 0 Å². The molecule has 1 aliphatic carbocycles. The maximum absolute atomic E-state index is 11.6. The average Bonchev–Trinajstić information content (AvgIpc) is 2.97. The third-order valence-corrected chi connectivity index (χ3v) is 6.92. The number of hydrogen-bond acceptors (Lipinski definition) is 4. The van der Waals surface area contributed by atoms with Crippen LogP contribution in [0.25, 0.3) is 0 Å². The number of nitrogens with zero attached hydrogens (tertiary/aromatic N) is 1. The molecule has 146 valence electrons. The first-order valence-electron chi connectivity index (χ1n) is 8.77. The molecule has 5 nitrogen and oxygen atoms in total. The fourth-order valence-electron chi connectivity index (χ4n) is 3.65. The molecule has 0 radical (unpaired) electrons. The number of halogens is 2. The molecule has 0 heterocycles. The van der Waals surface area contributed by atoms with E-state index >= 15 is 0 Å². The molecule has 0 aliphatic heterocycles. The molecule has 3 rings (SSSR count). The van der Waals surface area contributed by atoms with Gasteiger partial charge in [0.05, 0.1) is 11.1 Å². The van der Waals surface area contributed by atoms with E-state index in [2.05, 4.69) is 30.9 Å². The summed E-state index contributed by atoms with van der Waals surface area (Å²) in [6.07, 6.45) is 0.651. The Morgan fingerprint density at radius 2 is 1.78 bits per heavy atom. The van der Waals surface area contributed by atoms with Crippen molar-refractivity contribution in [1.82, 2.24) is 4.90 Å². The topological polar surface area (TPSA) is 72.6 Å². The van der Waals surface area contributed by atoms with Gasteiger partial charge in [-0.15, -0.1) is 0 Å². The van der Waals surface area contributed by atoms with Gasteiger partial charge in [-0.1, -0.05) is 61.3 Å². The third-order valence-electron chi connectivity index (χ3n) is 4.99. The Labute approximate surface area is 170 Å². The van der Waals surface area contributed by atoms with Crippen LogP contribution in [-0.2, 0) is 16.4 Å². The lowest BCUT2D eigenvalue weighted by atomic mass is 10.1. The molecule has 0 fully saturated rings. The maximum Gasteiger partial charge on any atom is 0.239 e. The summed E-state index contributed by atoms with van der Waals surface area (Å²) in [5, 5.41) is 5.11. The van der Waals surface area contributed by atoms with Gasteiger partial charge in [-0.2, -0.15) is 0 Å². The summed E-state index contributed by atoms with van der Waals surface area (Å²) in [4.78, 5) is 2.13. The van der Waals surface area contributed by atoms with E-state index in [9.17, 15) is 8.42 Å². The molecule has 1 aliphatic rings. The standard InChI is InChI=1S/C19H22Cl2N2O3S/c1-3-23(4-2)14-11-12-7-5-6-8-13(12)19(14)26-15-9-10-16(27(22,24)25)18(21)17(15)20/h5-10,14,19H,3-4,11H2,1-2H3,(H2,22,24,25)/t14-,19-/m1/s1. The highest BCUT2D eigenvalue weighted by Gasteiger charge is 2.37. The lowest BCUT2D eigenvalue weighted by Crippen LogP contribution is -2.39. The molecule has 27 heavy (non-hydrogen) atoms. The lowest BCUT2D eigenvalue weighted by Gasteiger charge is -2.32. The first kappa shape index (κ1) is 20.4. The summed E-state index contributed by atoms with van der Waals surface area (Å²) in [5.41, 5.74) is 2.35. The minimum Gasteiger partial charge on any atom is -0.482 e. The summed E-state index contributed by atoms with van der Waals surface area (Å²) in [5.74, 6) is 0.341. The minimum atomic E-state index is -3.96. The number of benzene rings is 2. The number of fused-ring (bicyclic) bond motifs is 1. The van der Waals surface area contributed by atoms with Gasteiger partial charge in [0.1, 0.15) is 21.8 Å². The van der Waals surface area contributed by atoms with Crippen LogP contribution in [0.3, 0.4) is 0 Å². The second-order valence-corrected chi connectivity index (χ2v) is 8.75. The van der Waals surface area contributed by atoms with Crippen molar-refractivity contribution in [2.75, 3.05) is 13.1 Å². The van der Waals surface area contributed by atoms with E-state index in [0.717, 1.165) is 25.1 Å². The normalized spacial score (nSPS) is 19.3. The quantitative estimate of drug-likeness (QED) is 0.753. The van der Waals surface area contributed by atoms with Crippen molar-refractivity contribution in [3.8, 4) is 5.75 Å². The summed E-state index contributed by atoms with van der Waals surface area (Å²) in [6, 6.07) is 11.2. The highest BCUT2D eigenvalue weighted by atomic mass is 35.5. The van der Waals surface area contributed by atoms with Crippen LogP contribution in [0.15, 0.2) is 41.3 Å². The second-order valence-electron chi connectivity index (χ2n) is 6.46. The molecule has 0 spiro atoms. The Bertz CT molecular complexity index is 946. The summed E-state index contributed by atoms with van der Waals surface area (Å²) < 4.78 is 29.5. The van der Waals surface area contributed by atoms with Crippen molar-refractivity contribution >= 4 is 33.2 Å². The van der Waals surface area contributed by atoms with Crippen LogP contribution in [0.4, 0.5) is 0 Å². The van der Waals surface area contributed by atoms with Gasteiger partial charge >= 0.3 is 0 Å². The molecule has 0 amide bonds. The van der Waals surface area contributed by atoms with E-state index in [1.165, 1.54) is 17.7 Å². The molecule has 2 aromatic rings. The summed E-state index contributed by atoms with van der Waals surface area (Å²) in [7, 11) is -3.96. The van der Waals surface area contributed by atoms with Crippen molar-refractivity contribution < 1.29 is 13.2 Å². The molecule has 2 N–H and O–H groups in total. The number of likely N-dealkylation sites (N-methyl/N-ethyl adjacent to an activating group) is 1. The van der Waals surface area contributed by atoms with E-state index in [0.29, 0.717) is 5.75 Å². The molecular formula is C19H22Cl2N2O3S. The Balaban J connectivity index is 2.00. The average molecular weight is 429 g/mol. The van der Waals surface area contributed by atoms with E-state index in [4.69, 9.17) is 33.1 Å². The summed E-state index contributed by atoms with van der Waals surface area (Å²) >= 11 is 12.5. The molecule has 2 aromatic carbocycles. The molecule has 0 aromatic heterocycles. The number of nitrogens with two attached hydrogens (primary N) is 1. The highest BCUT2D eigenvalue weighted by molar-refractivity contribution is 7.89. The summed E-state index contributed by atoms with van der Waals surface area (Å²) in [6.45, 7) is 6.03. The van der Waals surface area contributed by atoms with Crippen LogP contribution >= 0.6 is 23.2 Å². The van der Waals surface area contributed by atoms with Crippen LogP contribution < -0.4 is 9.88 Å². The zero-order chi connectivity index (χ0) is 19.8. The molecule has 8 heteroatoms. The number of ether oxygens (including phenoxy) is 1. The van der Waals surface area contributed by atoms with Gasteiger partial charge in [0.15, 0.2) is 0 Å². The SMILES string of the molecule is CCN(CC)[C@@H]1Cc2ccccc2[C@H]1Oc1ccc(S(N)(=O)=O)c(Cl)c1Cl. The van der Waals surface area contributed by atoms with Gasteiger partial charge in [0.2, 0.25) is 10.0 Å². The van der Waals surface area contributed by atoms with Gasteiger partial charge < -0.3 is 4.74 Å². The first-order chi connectivity index (χ1) is 12.8. The first-order valence-corrected chi connectivity index (χ1v) is 11.1. The molecule has 2 atom stereocenters. The molecule has 0 saturated heterocycles. The van der Waals surface area contributed by atoms with Crippen LogP contribution in [0, 0.1) is 0 Å². The van der Waals surface area contributed by atoms with Gasteiger partial charge in [0.25, 0.3) is 0 Å². The van der Waals surface area contributed by atoms with Gasteiger partial charge in [0, 0.05) is 0 Å². The fourth-order valence-corrected chi connectivity index (χ4v) is 5.01. The number of hydrogen-bond donors (Lipinski definition) is 1. The predicted octanol–water partition coefficient (Wildman–Crippen LogP) is 4.03. The number of sulfonamides is 1. The van der Waals surface area contributed by atoms with Crippen molar-refractivity contribution in [1.29, 1.82) is 0 Å². The van der Waals surface area contributed by atoms with E-state index in [-0.39, 0.29) is 27.1 Å². The Kier molecular flexibility index (Phi) is 6.03. The minimum absolute atomic E-state index is 0.0471. The number of primary sulfonamides is 1. The van der Waals surface area contributed by atoms with E-state index in [1.807, 2.05) is 12.1 Å². The van der Waals surface area contributed by atoms with Crippen LogP contribution in [-0.4, -0.2) is 32.4 Å². The van der Waals surface area contributed by atoms with Crippen LogP contribution in [0.1, 0.15) is 31.1 Å². The smallest absolute Gasteiger partial charge is 0.239 e. The second kappa shape index (κ2) is 7.97. The van der Waals surface area contributed by atoms with E-state index < -0.39 is 10.0 Å². The van der Waals surface area contributed by atoms with Crippen molar-refractivity contribution in [2.45, 2.75) is 37.3 Å². The Morgan fingerprint density at radius 1 is 1.11 bits per heavy atom. The monoisotopic (exact) mass is 428 g/mol. The Morgan fingerprint density at radius 3 is 2.41 bits per heavy atom. The lowest BCUT2D eigenvalue weighted by molar-refractivity contribution is 0.0849. The largest absolute Gasteiger partial charge is 0.482 e. The molecule has 0 unspecified atom stereocenters. The van der Waals surface area contributed by atoms with E-state index in [1.54, 1.807) is 0 Å². The molecular weight excluding hydrogens is 407 g/mol. The zero-order valence-electron chi connectivity index (χ0n) is 15.2. The Hall–Kier alpha value is -1.31. The maximum atomic E-state index is 11.6. The van der Waals surface area contributed by atoms with Gasteiger partial charge in [-0.25, -0.2) is 13.6 Å². The van der Waals surface area contributed by atoms with Gasteiger partial charge in [-0.05, 0) is 42.8 Å². The van der Waals surface area contributed by atoms with Crippen molar-refractivity contribution in [3.05, 3.63) is 57.6 Å². The fraction of sp³-hybridized carbons (Fsp3) is 0.368. The molecule has 0 bridgehead atoms. The third kappa shape index (κ3) is 3.96. The predicted molar refractivity (Wildman–Crippen MR) is 108 cm³/mol. The number of rotatable bonds is 6. The molecule has 0 saturated carbocycles.